The molecule has 2 amide bonds. The number of benzene rings is 1. The molecule has 0 bridgehead atoms. The minimum atomic E-state index is -3.46. The second-order valence-corrected chi connectivity index (χ2v) is 11.0. The molecule has 8 nitrogen and oxygen atoms in total. The van der Waals surface area contributed by atoms with Crippen LogP contribution in [0.3, 0.4) is 0 Å². The van der Waals surface area contributed by atoms with Gasteiger partial charge < -0.3 is 14.5 Å². The first-order valence-electron chi connectivity index (χ1n) is 12.0. The summed E-state index contributed by atoms with van der Waals surface area (Å²) < 4.78 is 31.9. The third-order valence-electron chi connectivity index (χ3n) is 6.51. The Morgan fingerprint density at radius 3 is 2.45 bits per heavy atom. The summed E-state index contributed by atoms with van der Waals surface area (Å²) in [6.45, 7) is 1.03. The summed E-state index contributed by atoms with van der Waals surface area (Å²) in [5, 5.41) is 0. The molecule has 1 saturated carbocycles. The van der Waals surface area contributed by atoms with Gasteiger partial charge in [-0.3, -0.25) is 9.59 Å². The van der Waals surface area contributed by atoms with Crippen molar-refractivity contribution in [3.05, 3.63) is 29.8 Å². The van der Waals surface area contributed by atoms with Crippen LogP contribution < -0.4 is 9.46 Å². The van der Waals surface area contributed by atoms with Crippen LogP contribution in [0, 0.1) is 0 Å². The fourth-order valence-corrected chi connectivity index (χ4v) is 5.10. The molecule has 1 fully saturated rings. The smallest absolute Gasteiger partial charge is 0.257 e. The Hall–Kier alpha value is -2.13. The predicted molar refractivity (Wildman–Crippen MR) is 128 cm³/mol. The lowest BCUT2D eigenvalue weighted by molar-refractivity contribution is -0.135. The van der Waals surface area contributed by atoms with Crippen LogP contribution in [-0.2, 0) is 14.8 Å². The molecule has 0 unspecified atom stereocenters. The van der Waals surface area contributed by atoms with E-state index in [0.717, 1.165) is 64.0 Å². The van der Waals surface area contributed by atoms with Gasteiger partial charge in [0.15, 0.2) is 0 Å². The Labute approximate surface area is 197 Å². The number of carbonyl (C=O) groups is 2. The van der Waals surface area contributed by atoms with Gasteiger partial charge >= 0.3 is 0 Å². The van der Waals surface area contributed by atoms with Gasteiger partial charge in [-0.25, -0.2) is 13.1 Å². The van der Waals surface area contributed by atoms with Crippen LogP contribution in [0.5, 0.6) is 5.75 Å². The Balaban J connectivity index is 1.89. The molecule has 1 heterocycles. The summed E-state index contributed by atoms with van der Waals surface area (Å²) in [5.74, 6) is 0.259. The summed E-state index contributed by atoms with van der Waals surface area (Å²) in [5.41, 5.74) is 0.538. The number of ether oxygens (including phenoxy) is 1. The zero-order valence-corrected chi connectivity index (χ0v) is 20.6. The van der Waals surface area contributed by atoms with Crippen molar-refractivity contribution in [2.75, 3.05) is 32.9 Å². The van der Waals surface area contributed by atoms with Crippen molar-refractivity contribution in [3.63, 3.8) is 0 Å². The number of nitrogens with one attached hydrogen (secondary N) is 1. The van der Waals surface area contributed by atoms with Crippen molar-refractivity contribution in [2.24, 2.45) is 0 Å². The highest BCUT2D eigenvalue weighted by Crippen LogP contribution is 2.30. The molecular weight excluding hydrogens is 442 g/mol. The first kappa shape index (κ1) is 25.5. The number of hydrogen-bond acceptors (Lipinski definition) is 5. The minimum absolute atomic E-state index is 0.0573. The first-order valence-corrected chi connectivity index (χ1v) is 13.9. The second-order valence-electron chi connectivity index (χ2n) is 9.18. The van der Waals surface area contributed by atoms with Gasteiger partial charge in [-0.2, -0.15) is 0 Å². The van der Waals surface area contributed by atoms with E-state index in [2.05, 4.69) is 4.72 Å². The number of fused-ring (bicyclic) bond motifs is 2. The van der Waals surface area contributed by atoms with Gasteiger partial charge in [0.25, 0.3) is 5.91 Å². The Kier molecular flexibility index (Phi) is 9.14. The number of carbonyl (C=O) groups excluding carboxylic acids is 2. The van der Waals surface area contributed by atoms with Crippen LogP contribution in [0.4, 0.5) is 0 Å². The highest BCUT2D eigenvalue weighted by Gasteiger charge is 2.35. The van der Waals surface area contributed by atoms with Crippen LogP contribution >= 0.6 is 0 Å². The van der Waals surface area contributed by atoms with Gasteiger partial charge in [0.2, 0.25) is 15.9 Å². The molecule has 1 aromatic carbocycles. The average Bonchev–Trinajstić information content (AvgIpc) is 2.79. The van der Waals surface area contributed by atoms with Crippen LogP contribution in [0.1, 0.15) is 68.1 Å². The van der Waals surface area contributed by atoms with E-state index in [-0.39, 0.29) is 30.5 Å². The fraction of sp³-hybridized carbons (Fsp3) is 0.667. The molecule has 2 aliphatic rings. The third-order valence-corrected chi connectivity index (χ3v) is 7.18. The molecular formula is C24H37N3O5S. The van der Waals surface area contributed by atoms with Crippen molar-refractivity contribution >= 4 is 21.8 Å². The number of hydrogen-bond donors (Lipinski definition) is 1. The van der Waals surface area contributed by atoms with Gasteiger partial charge in [-0.15, -0.1) is 0 Å². The lowest BCUT2D eigenvalue weighted by atomic mass is 9.90. The lowest BCUT2D eigenvalue weighted by Crippen LogP contribution is -2.53. The Morgan fingerprint density at radius 1 is 1.03 bits per heavy atom. The number of amides is 2. The number of sulfonamides is 1. The first-order chi connectivity index (χ1) is 15.8. The van der Waals surface area contributed by atoms with Gasteiger partial charge in [0.1, 0.15) is 11.9 Å². The molecule has 1 N–H and O–H groups in total. The third kappa shape index (κ3) is 7.43. The quantitative estimate of drug-likeness (QED) is 0.719. The van der Waals surface area contributed by atoms with Crippen molar-refractivity contribution in [1.29, 1.82) is 0 Å². The molecule has 2 atom stereocenters. The maximum atomic E-state index is 13.1. The largest absolute Gasteiger partial charge is 0.487 e. The molecule has 0 aromatic heterocycles. The van der Waals surface area contributed by atoms with E-state index < -0.39 is 10.0 Å². The van der Waals surface area contributed by atoms with Crippen LogP contribution in [-0.4, -0.2) is 75.1 Å². The zero-order chi connectivity index (χ0) is 23.8. The van der Waals surface area contributed by atoms with Crippen molar-refractivity contribution in [2.45, 2.75) is 69.9 Å². The molecule has 9 heteroatoms. The lowest BCUT2D eigenvalue weighted by Gasteiger charge is -2.40. The summed E-state index contributed by atoms with van der Waals surface area (Å²) in [6, 6.07) is 7.16. The molecule has 33 heavy (non-hydrogen) atoms. The van der Waals surface area contributed by atoms with E-state index in [0.29, 0.717) is 24.4 Å². The van der Waals surface area contributed by atoms with Crippen molar-refractivity contribution in [1.82, 2.24) is 14.5 Å². The maximum Gasteiger partial charge on any atom is 0.257 e. The average molecular weight is 480 g/mol. The molecule has 1 aliphatic carbocycles. The highest BCUT2D eigenvalue weighted by atomic mass is 32.2. The van der Waals surface area contributed by atoms with Gasteiger partial charge in [0.05, 0.1) is 24.4 Å². The zero-order valence-electron chi connectivity index (χ0n) is 19.8. The summed E-state index contributed by atoms with van der Waals surface area (Å²) in [4.78, 5) is 29.8. The van der Waals surface area contributed by atoms with E-state index in [9.17, 15) is 18.0 Å². The van der Waals surface area contributed by atoms with E-state index in [4.69, 9.17) is 4.74 Å². The maximum absolute atomic E-state index is 13.1. The van der Waals surface area contributed by atoms with Crippen LogP contribution in [0.25, 0.3) is 0 Å². The Morgan fingerprint density at radius 2 is 1.70 bits per heavy atom. The van der Waals surface area contributed by atoms with Crippen LogP contribution in [0.2, 0.25) is 0 Å². The minimum Gasteiger partial charge on any atom is -0.487 e. The predicted octanol–water partition coefficient (Wildman–Crippen LogP) is 2.79. The molecule has 0 saturated heterocycles. The van der Waals surface area contributed by atoms with Crippen molar-refractivity contribution < 1.29 is 22.7 Å². The Bertz CT molecular complexity index is 920. The van der Waals surface area contributed by atoms with Crippen molar-refractivity contribution in [3.8, 4) is 5.75 Å². The normalized spacial score (nSPS) is 23.5. The fourth-order valence-electron chi connectivity index (χ4n) is 4.72. The molecule has 3 rings (SSSR count). The SMILES string of the molecule is CN1CCCCCCCN(C(=O)CNS(C)(=O)=O)[C@@H]2CCCC[C@@H]2Oc2ccccc2C1=O. The molecule has 0 radical (unpaired) electrons. The van der Waals surface area contributed by atoms with Gasteiger partial charge in [-0.1, -0.05) is 37.8 Å². The number of nitrogens with zero attached hydrogens (tertiary/aromatic N) is 2. The van der Waals surface area contributed by atoms with Gasteiger partial charge in [0, 0.05) is 20.1 Å². The monoisotopic (exact) mass is 479 g/mol. The summed E-state index contributed by atoms with van der Waals surface area (Å²) in [7, 11) is -1.63. The molecule has 0 spiro atoms. The summed E-state index contributed by atoms with van der Waals surface area (Å²) in [6.07, 6.45) is 9.19. The van der Waals surface area contributed by atoms with E-state index in [1.54, 1.807) is 11.0 Å². The van der Waals surface area contributed by atoms with Gasteiger partial charge in [-0.05, 0) is 44.2 Å². The number of rotatable bonds is 3. The molecule has 1 aromatic rings. The van der Waals surface area contributed by atoms with E-state index in [1.165, 1.54) is 0 Å². The highest BCUT2D eigenvalue weighted by molar-refractivity contribution is 7.88. The number of para-hydroxylation sites is 1. The molecule has 184 valence electrons. The topological polar surface area (TPSA) is 96.0 Å². The van der Waals surface area contributed by atoms with Crippen LogP contribution in [0.15, 0.2) is 24.3 Å². The second kappa shape index (κ2) is 11.8. The molecule has 1 aliphatic heterocycles. The summed E-state index contributed by atoms with van der Waals surface area (Å²) >= 11 is 0. The van der Waals surface area contributed by atoms with E-state index in [1.807, 2.05) is 30.1 Å². The standard InChI is InChI=1S/C24H37N3O5S/c1-26-16-10-4-3-5-11-17-27(23(28)18-25-33(2,30)31)20-13-7-9-15-22(20)32-21-14-8-6-12-19(21)24(26)29/h6,8,12,14,20,22,25H,3-5,7,9-11,13,15-18H2,1-2H3/t20-,22+/m1/s1. The van der Waals surface area contributed by atoms with E-state index >= 15 is 0 Å².